The highest BCUT2D eigenvalue weighted by atomic mass is 32.2. The van der Waals surface area contributed by atoms with Gasteiger partial charge in [0.2, 0.25) is 0 Å². The van der Waals surface area contributed by atoms with Crippen LogP contribution in [0.25, 0.3) is 0 Å². The molecule has 1 N–H and O–H groups in total. The first-order valence-corrected chi connectivity index (χ1v) is 7.10. The Morgan fingerprint density at radius 2 is 1.67 bits per heavy atom. The van der Waals surface area contributed by atoms with E-state index in [-0.39, 0.29) is 11.2 Å². The molecule has 0 bridgehead atoms. The minimum Gasteiger partial charge on any atom is -0.480 e. The third kappa shape index (κ3) is 2.02. The van der Waals surface area contributed by atoms with Crippen LogP contribution in [0.2, 0.25) is 0 Å². The summed E-state index contributed by atoms with van der Waals surface area (Å²) in [5.74, 6) is -1.27. The molecule has 2 saturated carbocycles. The monoisotopic (exact) mass is 232 g/mol. The minimum absolute atomic E-state index is 0.118. The number of carboxylic acid groups (broad SMARTS) is 1. The molecule has 1 atom stereocenters. The van der Waals surface area contributed by atoms with Crippen LogP contribution in [0, 0.1) is 5.92 Å². The molecule has 0 radical (unpaired) electrons. The third-order valence-corrected chi connectivity index (χ3v) is 6.11. The molecule has 15 heavy (non-hydrogen) atoms. The van der Waals surface area contributed by atoms with Gasteiger partial charge in [0.1, 0.15) is 0 Å². The molecule has 2 fully saturated rings. The Balaban J connectivity index is 2.21. The number of carboxylic acids is 1. The number of rotatable bonds is 4. The molecule has 86 valence electrons. The maximum atomic E-state index is 12.1. The van der Waals surface area contributed by atoms with Crippen molar-refractivity contribution in [2.45, 2.75) is 49.0 Å². The lowest BCUT2D eigenvalue weighted by molar-refractivity contribution is -0.136. The van der Waals surface area contributed by atoms with E-state index in [2.05, 4.69) is 0 Å². The summed E-state index contributed by atoms with van der Waals surface area (Å²) in [6.07, 6.45) is 4.64. The molecule has 4 nitrogen and oxygen atoms in total. The Hall–Kier alpha value is -0.580. The number of carbonyl (C=O) groups is 1. The second-order valence-corrected chi connectivity index (χ2v) is 6.94. The fraction of sp³-hybridized carbons (Fsp3) is 0.900. The van der Waals surface area contributed by atoms with Crippen LogP contribution in [-0.2, 0) is 14.6 Å². The normalized spacial score (nSPS) is 25.3. The Kier molecular flexibility index (Phi) is 2.75. The molecule has 0 aliphatic heterocycles. The van der Waals surface area contributed by atoms with E-state index >= 15 is 0 Å². The van der Waals surface area contributed by atoms with Crippen molar-refractivity contribution >= 4 is 15.8 Å². The van der Waals surface area contributed by atoms with Gasteiger partial charge in [0.25, 0.3) is 0 Å². The van der Waals surface area contributed by atoms with Crippen molar-refractivity contribution in [3.8, 4) is 0 Å². The van der Waals surface area contributed by atoms with Gasteiger partial charge in [-0.3, -0.25) is 4.79 Å². The van der Waals surface area contributed by atoms with Gasteiger partial charge in [0, 0.05) is 0 Å². The second kappa shape index (κ2) is 3.77. The van der Waals surface area contributed by atoms with Crippen LogP contribution in [0.4, 0.5) is 0 Å². The number of sulfone groups is 1. The van der Waals surface area contributed by atoms with Crippen molar-refractivity contribution in [3.63, 3.8) is 0 Å². The Morgan fingerprint density at radius 3 is 2.07 bits per heavy atom. The molecule has 0 aromatic heterocycles. The fourth-order valence-electron chi connectivity index (χ4n) is 2.43. The van der Waals surface area contributed by atoms with Crippen LogP contribution in [0.5, 0.6) is 0 Å². The first-order chi connectivity index (χ1) is 7.03. The Labute approximate surface area is 89.6 Å². The van der Waals surface area contributed by atoms with E-state index in [1.807, 2.05) is 0 Å². The van der Waals surface area contributed by atoms with Gasteiger partial charge in [-0.15, -0.1) is 0 Å². The molecule has 0 aromatic rings. The first kappa shape index (κ1) is 10.9. The van der Waals surface area contributed by atoms with Crippen LogP contribution in [-0.4, -0.2) is 30.0 Å². The van der Waals surface area contributed by atoms with Crippen molar-refractivity contribution in [1.29, 1.82) is 0 Å². The van der Waals surface area contributed by atoms with Crippen molar-refractivity contribution in [1.82, 2.24) is 0 Å². The fourth-order valence-corrected chi connectivity index (χ4v) is 4.93. The molecule has 0 amide bonds. The van der Waals surface area contributed by atoms with Gasteiger partial charge in [-0.25, -0.2) is 8.42 Å². The second-order valence-electron chi connectivity index (χ2n) is 4.59. The summed E-state index contributed by atoms with van der Waals surface area (Å²) in [5, 5.41) is 7.49. The van der Waals surface area contributed by atoms with E-state index in [1.54, 1.807) is 0 Å². The van der Waals surface area contributed by atoms with E-state index in [0.29, 0.717) is 12.8 Å². The predicted molar refractivity (Wildman–Crippen MR) is 55.3 cm³/mol. The number of hydrogen-bond acceptors (Lipinski definition) is 3. The van der Waals surface area contributed by atoms with Gasteiger partial charge in [0.05, 0.1) is 5.25 Å². The lowest BCUT2D eigenvalue weighted by Crippen LogP contribution is -2.38. The summed E-state index contributed by atoms with van der Waals surface area (Å²) in [6.45, 7) is 0. The number of aliphatic carboxylic acids is 1. The molecular formula is C10H16O4S. The van der Waals surface area contributed by atoms with Gasteiger partial charge in [-0.2, -0.15) is 0 Å². The molecule has 2 rings (SSSR count). The molecule has 2 aliphatic carbocycles. The molecule has 5 heteroatoms. The quantitative estimate of drug-likeness (QED) is 0.790. The lowest BCUT2D eigenvalue weighted by Gasteiger charge is -2.17. The van der Waals surface area contributed by atoms with E-state index in [1.165, 1.54) is 0 Å². The maximum absolute atomic E-state index is 12.1. The SMILES string of the molecule is O=C(O)C(C1CC1)S(=O)(=O)C1CCCC1. The third-order valence-electron chi connectivity index (χ3n) is 3.41. The van der Waals surface area contributed by atoms with Crippen molar-refractivity contribution in [3.05, 3.63) is 0 Å². The van der Waals surface area contributed by atoms with Crippen LogP contribution in [0.3, 0.4) is 0 Å². The highest BCUT2D eigenvalue weighted by Crippen LogP contribution is 2.40. The van der Waals surface area contributed by atoms with E-state index < -0.39 is 21.1 Å². The summed E-state index contributed by atoms with van der Waals surface area (Å²) >= 11 is 0. The molecule has 0 saturated heterocycles. The molecule has 0 spiro atoms. The topological polar surface area (TPSA) is 71.4 Å². The zero-order valence-corrected chi connectivity index (χ0v) is 9.37. The zero-order chi connectivity index (χ0) is 11.1. The largest absolute Gasteiger partial charge is 0.480 e. The molecule has 0 aromatic carbocycles. The van der Waals surface area contributed by atoms with Crippen LogP contribution < -0.4 is 0 Å². The van der Waals surface area contributed by atoms with E-state index in [4.69, 9.17) is 5.11 Å². The standard InChI is InChI=1S/C10H16O4S/c11-10(12)9(7-5-6-7)15(13,14)8-3-1-2-4-8/h7-9H,1-6H2,(H,11,12). The molecule has 2 aliphatic rings. The Bertz CT molecular complexity index is 350. The average molecular weight is 232 g/mol. The van der Waals surface area contributed by atoms with Crippen LogP contribution in [0.1, 0.15) is 38.5 Å². The van der Waals surface area contributed by atoms with Gasteiger partial charge in [-0.1, -0.05) is 12.8 Å². The van der Waals surface area contributed by atoms with Crippen molar-refractivity contribution in [2.75, 3.05) is 0 Å². The van der Waals surface area contributed by atoms with Crippen molar-refractivity contribution < 1.29 is 18.3 Å². The maximum Gasteiger partial charge on any atom is 0.322 e. The van der Waals surface area contributed by atoms with Crippen LogP contribution in [0.15, 0.2) is 0 Å². The molecular weight excluding hydrogens is 216 g/mol. The highest BCUT2D eigenvalue weighted by Gasteiger charge is 2.48. The molecule has 0 heterocycles. The Morgan fingerprint density at radius 1 is 1.13 bits per heavy atom. The smallest absolute Gasteiger partial charge is 0.322 e. The summed E-state index contributed by atoms with van der Waals surface area (Å²) in [7, 11) is -3.44. The first-order valence-electron chi connectivity index (χ1n) is 5.49. The van der Waals surface area contributed by atoms with Gasteiger partial charge in [-0.05, 0) is 31.6 Å². The van der Waals surface area contributed by atoms with Crippen molar-refractivity contribution in [2.24, 2.45) is 5.92 Å². The van der Waals surface area contributed by atoms with Crippen LogP contribution >= 0.6 is 0 Å². The summed E-state index contributed by atoms with van der Waals surface area (Å²) in [4.78, 5) is 11.0. The number of hydrogen-bond donors (Lipinski definition) is 1. The highest BCUT2D eigenvalue weighted by molar-refractivity contribution is 7.93. The van der Waals surface area contributed by atoms with Gasteiger partial charge in [0.15, 0.2) is 15.1 Å². The molecule has 1 unspecified atom stereocenters. The minimum atomic E-state index is -3.44. The lowest BCUT2D eigenvalue weighted by atomic mass is 10.3. The van der Waals surface area contributed by atoms with Gasteiger partial charge >= 0.3 is 5.97 Å². The summed E-state index contributed by atoms with van der Waals surface area (Å²) < 4.78 is 24.2. The van der Waals surface area contributed by atoms with E-state index in [9.17, 15) is 13.2 Å². The van der Waals surface area contributed by atoms with Gasteiger partial charge < -0.3 is 5.11 Å². The zero-order valence-electron chi connectivity index (χ0n) is 8.55. The predicted octanol–water partition coefficient (Wildman–Crippen LogP) is 1.21. The average Bonchev–Trinajstić information content (AvgIpc) is 2.80. The summed E-state index contributed by atoms with van der Waals surface area (Å²) in [5.41, 5.74) is 0. The van der Waals surface area contributed by atoms with E-state index in [0.717, 1.165) is 25.7 Å². The summed E-state index contributed by atoms with van der Waals surface area (Å²) in [6, 6.07) is 0.